The first kappa shape index (κ1) is 12.3. The normalized spacial score (nSPS) is 23.6. The molecule has 0 saturated carbocycles. The minimum atomic E-state index is -2.35. The van der Waals surface area contributed by atoms with Gasteiger partial charge in [-0.15, -0.1) is 0 Å². The Hall–Kier alpha value is -1.16. The van der Waals surface area contributed by atoms with E-state index in [1.807, 2.05) is 18.2 Å². The zero-order valence-corrected chi connectivity index (χ0v) is 10.1. The molecule has 0 amide bonds. The fourth-order valence-corrected chi connectivity index (χ4v) is 2.43. The Bertz CT molecular complexity index is 408. The predicted molar refractivity (Wildman–Crippen MR) is 62.8 cm³/mol. The van der Waals surface area contributed by atoms with Crippen LogP contribution in [0.3, 0.4) is 0 Å². The van der Waals surface area contributed by atoms with E-state index in [2.05, 4.69) is 5.32 Å². The first-order valence-electron chi connectivity index (χ1n) is 5.74. The predicted octanol–water partition coefficient (Wildman–Crippen LogP) is 2.41. The maximum Gasteiger partial charge on any atom is 0.256 e. The summed E-state index contributed by atoms with van der Waals surface area (Å²) in [6, 6.07) is 5.72. The van der Waals surface area contributed by atoms with E-state index in [-0.39, 0.29) is 0 Å². The number of likely N-dealkylation sites (N-methyl/N-ethyl adjacent to an activating group) is 1. The van der Waals surface area contributed by atoms with E-state index in [1.165, 1.54) is 0 Å². The van der Waals surface area contributed by atoms with Gasteiger partial charge in [-0.05, 0) is 49.6 Å². The van der Waals surface area contributed by atoms with Gasteiger partial charge < -0.3 is 10.1 Å². The van der Waals surface area contributed by atoms with Crippen molar-refractivity contribution in [3.63, 3.8) is 0 Å². The number of ether oxygens (including phenoxy) is 1. The third-order valence-corrected chi connectivity index (χ3v) is 3.68. The lowest BCUT2D eigenvalue weighted by atomic mass is 9.78. The number of hydrogen-bond acceptors (Lipinski definition) is 2. The molecule has 0 fully saturated rings. The standard InChI is InChI=1S/C13H17F2NO/c1-16-13(12(14)15)6-5-9-3-4-11(17-2)7-10(9)8-13/h3-4,7,12,16H,5-6,8H2,1-2H3. The molecule has 1 unspecified atom stereocenters. The highest BCUT2D eigenvalue weighted by molar-refractivity contribution is 5.39. The van der Waals surface area contributed by atoms with Crippen molar-refractivity contribution in [2.75, 3.05) is 14.2 Å². The monoisotopic (exact) mass is 241 g/mol. The molecule has 1 aromatic carbocycles. The van der Waals surface area contributed by atoms with Gasteiger partial charge >= 0.3 is 0 Å². The van der Waals surface area contributed by atoms with E-state index in [4.69, 9.17) is 4.74 Å². The fraction of sp³-hybridized carbons (Fsp3) is 0.538. The lowest BCUT2D eigenvalue weighted by Crippen LogP contribution is -2.53. The SMILES string of the molecule is CNC1(C(F)F)CCc2ccc(OC)cc2C1. The highest BCUT2D eigenvalue weighted by Gasteiger charge is 2.41. The summed E-state index contributed by atoms with van der Waals surface area (Å²) in [6.45, 7) is 0. The van der Waals surface area contributed by atoms with E-state index >= 15 is 0 Å². The van der Waals surface area contributed by atoms with Crippen LogP contribution in [0, 0.1) is 0 Å². The van der Waals surface area contributed by atoms with Crippen molar-refractivity contribution in [1.29, 1.82) is 0 Å². The second-order valence-electron chi connectivity index (χ2n) is 4.52. The number of hydrogen-bond donors (Lipinski definition) is 1. The fourth-order valence-electron chi connectivity index (χ4n) is 2.43. The molecule has 2 rings (SSSR count). The van der Waals surface area contributed by atoms with Crippen LogP contribution in [-0.2, 0) is 12.8 Å². The molecule has 0 bridgehead atoms. The summed E-state index contributed by atoms with van der Waals surface area (Å²) in [7, 11) is 3.19. The van der Waals surface area contributed by atoms with Crippen LogP contribution in [0.2, 0.25) is 0 Å². The Labute approximate surface area is 100.0 Å². The Balaban J connectivity index is 2.33. The molecule has 0 spiro atoms. The summed E-state index contributed by atoms with van der Waals surface area (Å²) in [5.74, 6) is 0.727. The summed E-state index contributed by atoms with van der Waals surface area (Å²) in [6.07, 6.45) is -0.842. The lowest BCUT2D eigenvalue weighted by molar-refractivity contribution is 0.0255. The van der Waals surface area contributed by atoms with Crippen molar-refractivity contribution in [3.05, 3.63) is 29.3 Å². The van der Waals surface area contributed by atoms with Crippen molar-refractivity contribution < 1.29 is 13.5 Å². The maximum atomic E-state index is 13.2. The van der Waals surface area contributed by atoms with Crippen LogP contribution in [0.25, 0.3) is 0 Å². The second-order valence-corrected chi connectivity index (χ2v) is 4.52. The van der Waals surface area contributed by atoms with Gasteiger partial charge in [0.15, 0.2) is 0 Å². The van der Waals surface area contributed by atoms with Gasteiger partial charge in [0.2, 0.25) is 0 Å². The Morgan fingerprint density at radius 3 is 2.71 bits per heavy atom. The van der Waals surface area contributed by atoms with Crippen LogP contribution in [0.1, 0.15) is 17.5 Å². The highest BCUT2D eigenvalue weighted by atomic mass is 19.3. The van der Waals surface area contributed by atoms with Crippen molar-refractivity contribution in [1.82, 2.24) is 5.32 Å². The van der Waals surface area contributed by atoms with Crippen LogP contribution in [0.4, 0.5) is 8.78 Å². The molecule has 94 valence electrons. The molecule has 2 nitrogen and oxygen atoms in total. The van der Waals surface area contributed by atoms with Crippen molar-refractivity contribution in [2.45, 2.75) is 31.2 Å². The number of benzene rings is 1. The average molecular weight is 241 g/mol. The third kappa shape index (κ3) is 2.14. The zero-order valence-electron chi connectivity index (χ0n) is 10.1. The molecule has 0 aromatic heterocycles. The number of halogens is 2. The summed E-state index contributed by atoms with van der Waals surface area (Å²) in [5, 5.41) is 2.80. The minimum Gasteiger partial charge on any atom is -0.497 e. The smallest absolute Gasteiger partial charge is 0.256 e. The Kier molecular flexibility index (Phi) is 3.33. The van der Waals surface area contributed by atoms with Crippen molar-refractivity contribution in [2.24, 2.45) is 0 Å². The van der Waals surface area contributed by atoms with E-state index in [1.54, 1.807) is 14.2 Å². The molecule has 1 atom stereocenters. The number of aryl methyl sites for hydroxylation is 1. The van der Waals surface area contributed by atoms with Gasteiger partial charge in [-0.25, -0.2) is 8.78 Å². The van der Waals surface area contributed by atoms with Gasteiger partial charge in [0.05, 0.1) is 12.6 Å². The zero-order chi connectivity index (χ0) is 12.5. The van der Waals surface area contributed by atoms with Crippen molar-refractivity contribution in [3.8, 4) is 5.75 Å². The number of alkyl halides is 2. The quantitative estimate of drug-likeness (QED) is 0.877. The van der Waals surface area contributed by atoms with Gasteiger partial charge in [-0.3, -0.25) is 0 Å². The van der Waals surface area contributed by atoms with E-state index in [0.29, 0.717) is 19.3 Å². The summed E-state index contributed by atoms with van der Waals surface area (Å²) in [4.78, 5) is 0. The van der Waals surface area contributed by atoms with Crippen LogP contribution in [0.15, 0.2) is 18.2 Å². The third-order valence-electron chi connectivity index (χ3n) is 3.68. The average Bonchev–Trinajstić information content (AvgIpc) is 2.37. The number of nitrogens with one attached hydrogen (secondary N) is 1. The molecule has 1 aliphatic carbocycles. The highest BCUT2D eigenvalue weighted by Crippen LogP contribution is 2.34. The van der Waals surface area contributed by atoms with Crippen LogP contribution in [0.5, 0.6) is 5.75 Å². The minimum absolute atomic E-state index is 0.355. The van der Waals surface area contributed by atoms with Crippen LogP contribution < -0.4 is 10.1 Å². The summed E-state index contributed by atoms with van der Waals surface area (Å²) >= 11 is 0. The first-order chi connectivity index (χ1) is 8.11. The lowest BCUT2D eigenvalue weighted by Gasteiger charge is -2.37. The molecule has 1 N–H and O–H groups in total. The van der Waals surface area contributed by atoms with Gasteiger partial charge in [0.1, 0.15) is 5.75 Å². The maximum absolute atomic E-state index is 13.2. The molecule has 0 radical (unpaired) electrons. The number of rotatable bonds is 3. The molecule has 4 heteroatoms. The van der Waals surface area contributed by atoms with Crippen molar-refractivity contribution >= 4 is 0 Å². The molecule has 17 heavy (non-hydrogen) atoms. The second kappa shape index (κ2) is 4.61. The summed E-state index contributed by atoms with van der Waals surface area (Å²) in [5.41, 5.74) is 1.03. The van der Waals surface area contributed by atoms with E-state index in [0.717, 1.165) is 16.9 Å². The number of fused-ring (bicyclic) bond motifs is 1. The molecular formula is C13H17F2NO. The molecule has 0 saturated heterocycles. The summed E-state index contributed by atoms with van der Waals surface area (Å²) < 4.78 is 31.5. The largest absolute Gasteiger partial charge is 0.497 e. The molecule has 1 aliphatic rings. The molecule has 0 aliphatic heterocycles. The molecule has 1 aromatic rings. The van der Waals surface area contributed by atoms with Gasteiger partial charge in [0, 0.05) is 0 Å². The van der Waals surface area contributed by atoms with E-state index < -0.39 is 12.0 Å². The molecule has 0 heterocycles. The van der Waals surface area contributed by atoms with Crippen LogP contribution >= 0.6 is 0 Å². The van der Waals surface area contributed by atoms with Gasteiger partial charge in [-0.2, -0.15) is 0 Å². The van der Waals surface area contributed by atoms with Gasteiger partial charge in [-0.1, -0.05) is 6.07 Å². The van der Waals surface area contributed by atoms with E-state index in [9.17, 15) is 8.78 Å². The first-order valence-corrected chi connectivity index (χ1v) is 5.74. The van der Waals surface area contributed by atoms with Gasteiger partial charge in [0.25, 0.3) is 6.43 Å². The number of methoxy groups -OCH3 is 1. The topological polar surface area (TPSA) is 21.3 Å². The Morgan fingerprint density at radius 1 is 1.35 bits per heavy atom. The molecular weight excluding hydrogens is 224 g/mol. The van der Waals surface area contributed by atoms with Crippen LogP contribution in [-0.4, -0.2) is 26.1 Å². The Morgan fingerprint density at radius 2 is 2.12 bits per heavy atom.